The van der Waals surface area contributed by atoms with Crippen LogP contribution in [0.3, 0.4) is 0 Å². The van der Waals surface area contributed by atoms with Crippen LogP contribution in [0.1, 0.15) is 35.3 Å². The third-order valence-electron chi connectivity index (χ3n) is 4.81. The second-order valence-corrected chi connectivity index (χ2v) is 7.52. The first-order valence-corrected chi connectivity index (χ1v) is 9.85. The standard InChI is InChI=1S/C20H17ClN8O/c1-12-22-18(25-28(12)16-7-5-14(21)6-8-16)20(30)23-15-4-2-3-13(11-15)19-24-26-27-29(19)17-9-10-17/h2-8,11,17H,9-10H2,1H3,(H,23,30). The van der Waals surface area contributed by atoms with Crippen LogP contribution in [-0.2, 0) is 0 Å². The number of aryl methyl sites for hydroxylation is 1. The molecule has 0 radical (unpaired) electrons. The van der Waals surface area contributed by atoms with Gasteiger partial charge in [-0.15, -0.1) is 10.2 Å². The number of anilines is 1. The number of tetrazole rings is 1. The molecule has 0 saturated heterocycles. The van der Waals surface area contributed by atoms with Crippen molar-refractivity contribution < 1.29 is 4.79 Å². The molecule has 0 atom stereocenters. The van der Waals surface area contributed by atoms with E-state index in [1.54, 1.807) is 29.8 Å². The zero-order chi connectivity index (χ0) is 20.7. The molecule has 1 aliphatic carbocycles. The number of carbonyl (C=O) groups is 1. The van der Waals surface area contributed by atoms with Gasteiger partial charge in [-0.2, -0.15) is 0 Å². The Labute approximate surface area is 176 Å². The van der Waals surface area contributed by atoms with Crippen molar-refractivity contribution in [3.63, 3.8) is 0 Å². The molecule has 150 valence electrons. The summed E-state index contributed by atoms with van der Waals surface area (Å²) in [6.07, 6.45) is 2.16. The first-order chi connectivity index (χ1) is 14.6. The molecule has 0 bridgehead atoms. The smallest absolute Gasteiger partial charge is 0.295 e. The quantitative estimate of drug-likeness (QED) is 0.530. The molecular formula is C20H17ClN8O. The fraction of sp³-hybridized carbons (Fsp3) is 0.200. The molecule has 1 aliphatic rings. The molecule has 9 nitrogen and oxygen atoms in total. The number of benzene rings is 2. The van der Waals surface area contributed by atoms with Gasteiger partial charge in [-0.1, -0.05) is 23.7 Å². The topological polar surface area (TPSA) is 103 Å². The lowest BCUT2D eigenvalue weighted by Crippen LogP contribution is -2.14. The average Bonchev–Trinajstić information content (AvgIpc) is 3.33. The summed E-state index contributed by atoms with van der Waals surface area (Å²) in [6, 6.07) is 14.9. The van der Waals surface area contributed by atoms with E-state index >= 15 is 0 Å². The summed E-state index contributed by atoms with van der Waals surface area (Å²) in [4.78, 5) is 17.0. The number of nitrogens with one attached hydrogen (secondary N) is 1. The van der Waals surface area contributed by atoms with Crippen LogP contribution in [0, 0.1) is 6.92 Å². The lowest BCUT2D eigenvalue weighted by atomic mass is 10.2. The van der Waals surface area contributed by atoms with Gasteiger partial charge in [0.2, 0.25) is 5.82 Å². The maximum absolute atomic E-state index is 12.7. The van der Waals surface area contributed by atoms with E-state index in [4.69, 9.17) is 11.6 Å². The van der Waals surface area contributed by atoms with Crippen LogP contribution >= 0.6 is 11.6 Å². The largest absolute Gasteiger partial charge is 0.319 e. The van der Waals surface area contributed by atoms with Gasteiger partial charge < -0.3 is 5.32 Å². The first kappa shape index (κ1) is 18.4. The summed E-state index contributed by atoms with van der Waals surface area (Å²) >= 11 is 5.94. The van der Waals surface area contributed by atoms with E-state index in [1.165, 1.54) is 0 Å². The number of rotatable bonds is 5. The molecule has 1 N–H and O–H groups in total. The van der Waals surface area contributed by atoms with Crippen LogP contribution in [0.4, 0.5) is 5.69 Å². The Morgan fingerprint density at radius 2 is 1.97 bits per heavy atom. The van der Waals surface area contributed by atoms with Crippen molar-refractivity contribution in [3.05, 3.63) is 65.2 Å². The second-order valence-electron chi connectivity index (χ2n) is 7.08. The van der Waals surface area contributed by atoms with Crippen LogP contribution in [0.5, 0.6) is 0 Å². The Hall–Kier alpha value is -3.59. The Morgan fingerprint density at radius 1 is 1.17 bits per heavy atom. The van der Waals surface area contributed by atoms with Gasteiger partial charge in [0.05, 0.1) is 11.7 Å². The van der Waals surface area contributed by atoms with Gasteiger partial charge in [0, 0.05) is 16.3 Å². The van der Waals surface area contributed by atoms with E-state index in [0.29, 0.717) is 28.4 Å². The predicted molar refractivity (Wildman–Crippen MR) is 111 cm³/mol. The minimum Gasteiger partial charge on any atom is -0.319 e. The van der Waals surface area contributed by atoms with E-state index in [0.717, 1.165) is 24.1 Å². The zero-order valence-electron chi connectivity index (χ0n) is 16.0. The Bertz CT molecular complexity index is 1230. The van der Waals surface area contributed by atoms with E-state index in [1.807, 2.05) is 35.0 Å². The van der Waals surface area contributed by atoms with Crippen molar-refractivity contribution in [2.75, 3.05) is 5.32 Å². The molecular weight excluding hydrogens is 404 g/mol. The number of halogens is 1. The molecule has 4 aromatic rings. The number of amides is 1. The van der Waals surface area contributed by atoms with E-state index < -0.39 is 5.91 Å². The first-order valence-electron chi connectivity index (χ1n) is 9.48. The highest BCUT2D eigenvalue weighted by molar-refractivity contribution is 6.30. The maximum Gasteiger partial charge on any atom is 0.295 e. The lowest BCUT2D eigenvalue weighted by Gasteiger charge is -2.06. The highest BCUT2D eigenvalue weighted by Gasteiger charge is 2.28. The molecule has 2 heterocycles. The fourth-order valence-electron chi connectivity index (χ4n) is 3.18. The Morgan fingerprint density at radius 3 is 2.73 bits per heavy atom. The van der Waals surface area contributed by atoms with Crippen molar-refractivity contribution in [1.82, 2.24) is 35.0 Å². The molecule has 2 aromatic heterocycles. The van der Waals surface area contributed by atoms with Crippen molar-refractivity contribution >= 4 is 23.2 Å². The minimum absolute atomic E-state index is 0.0793. The molecule has 10 heteroatoms. The summed E-state index contributed by atoms with van der Waals surface area (Å²) in [5, 5.41) is 19.8. The lowest BCUT2D eigenvalue weighted by molar-refractivity contribution is 0.101. The number of hydrogen-bond donors (Lipinski definition) is 1. The van der Waals surface area contributed by atoms with Crippen LogP contribution in [0.25, 0.3) is 17.1 Å². The molecule has 0 unspecified atom stereocenters. The molecule has 1 saturated carbocycles. The number of hydrogen-bond acceptors (Lipinski definition) is 6. The van der Waals surface area contributed by atoms with Gasteiger partial charge in [0.1, 0.15) is 5.82 Å². The van der Waals surface area contributed by atoms with Crippen LogP contribution in [0.2, 0.25) is 5.02 Å². The third-order valence-corrected chi connectivity index (χ3v) is 5.06. The molecule has 2 aromatic carbocycles. The Balaban J connectivity index is 1.38. The molecule has 0 aliphatic heterocycles. The van der Waals surface area contributed by atoms with Crippen molar-refractivity contribution in [2.45, 2.75) is 25.8 Å². The molecule has 30 heavy (non-hydrogen) atoms. The maximum atomic E-state index is 12.7. The number of nitrogens with zero attached hydrogens (tertiary/aromatic N) is 7. The summed E-state index contributed by atoms with van der Waals surface area (Å²) in [5.74, 6) is 0.967. The van der Waals surface area contributed by atoms with Crippen LogP contribution < -0.4 is 5.32 Å². The van der Waals surface area contributed by atoms with E-state index in [9.17, 15) is 4.79 Å². The molecule has 1 amide bonds. The van der Waals surface area contributed by atoms with Crippen LogP contribution in [-0.4, -0.2) is 40.9 Å². The van der Waals surface area contributed by atoms with Gasteiger partial charge in [-0.3, -0.25) is 4.79 Å². The van der Waals surface area contributed by atoms with Crippen LogP contribution in [0.15, 0.2) is 48.5 Å². The summed E-state index contributed by atoms with van der Waals surface area (Å²) in [5.41, 5.74) is 2.22. The van der Waals surface area contributed by atoms with Crippen molar-refractivity contribution in [3.8, 4) is 17.1 Å². The second kappa shape index (κ2) is 7.34. The summed E-state index contributed by atoms with van der Waals surface area (Å²) < 4.78 is 3.44. The highest BCUT2D eigenvalue weighted by Crippen LogP contribution is 2.36. The van der Waals surface area contributed by atoms with Gasteiger partial charge in [-0.25, -0.2) is 14.3 Å². The summed E-state index contributed by atoms with van der Waals surface area (Å²) in [6.45, 7) is 1.79. The highest BCUT2D eigenvalue weighted by atomic mass is 35.5. The number of carbonyl (C=O) groups excluding carboxylic acids is 1. The third kappa shape index (κ3) is 3.55. The minimum atomic E-state index is -0.398. The predicted octanol–water partition coefficient (Wildman–Crippen LogP) is 3.47. The van der Waals surface area contributed by atoms with Crippen molar-refractivity contribution in [2.24, 2.45) is 0 Å². The monoisotopic (exact) mass is 420 g/mol. The van der Waals surface area contributed by atoms with E-state index in [2.05, 4.69) is 30.9 Å². The molecule has 5 rings (SSSR count). The summed E-state index contributed by atoms with van der Waals surface area (Å²) in [7, 11) is 0. The Kier molecular flexibility index (Phi) is 4.51. The molecule has 1 fully saturated rings. The fourth-order valence-corrected chi connectivity index (χ4v) is 3.31. The average molecular weight is 421 g/mol. The van der Waals surface area contributed by atoms with Gasteiger partial charge in [0.15, 0.2) is 5.82 Å². The van der Waals surface area contributed by atoms with Crippen molar-refractivity contribution in [1.29, 1.82) is 0 Å². The molecule has 0 spiro atoms. The van der Waals surface area contributed by atoms with Gasteiger partial charge in [0.25, 0.3) is 5.91 Å². The SMILES string of the molecule is Cc1nc(C(=O)Nc2cccc(-c3nnnn3C3CC3)c2)nn1-c1ccc(Cl)cc1. The zero-order valence-corrected chi connectivity index (χ0v) is 16.8. The van der Waals surface area contributed by atoms with E-state index in [-0.39, 0.29) is 5.82 Å². The normalized spacial score (nSPS) is 13.4. The van der Waals surface area contributed by atoms with Gasteiger partial charge in [-0.05, 0) is 66.6 Å². The number of aromatic nitrogens is 7. The van der Waals surface area contributed by atoms with Gasteiger partial charge >= 0.3 is 0 Å².